The van der Waals surface area contributed by atoms with Gasteiger partial charge in [-0.2, -0.15) is 0 Å². The standard InChI is InChI=1S/C20H20N2O4/c23-19(24)10-9-16-20(25)26-13(11-21-16)12-22-17-7-3-1-5-14(17)15-6-2-4-8-18(15)22/h1-8,13,16,21H,9-12H2,(H,23,24)/t13-,16-/m1/s1. The van der Waals surface area contributed by atoms with Crippen molar-refractivity contribution in [1.82, 2.24) is 9.88 Å². The van der Waals surface area contributed by atoms with E-state index in [1.807, 2.05) is 24.3 Å². The molecule has 2 heterocycles. The van der Waals surface area contributed by atoms with Crippen LogP contribution >= 0.6 is 0 Å². The molecule has 1 aliphatic rings. The monoisotopic (exact) mass is 352 g/mol. The molecule has 1 fully saturated rings. The van der Waals surface area contributed by atoms with Crippen LogP contribution in [0.15, 0.2) is 48.5 Å². The number of benzene rings is 2. The van der Waals surface area contributed by atoms with Gasteiger partial charge in [0.05, 0.1) is 6.54 Å². The van der Waals surface area contributed by atoms with Crippen LogP contribution in [0.1, 0.15) is 12.8 Å². The molecule has 0 radical (unpaired) electrons. The number of aliphatic carboxylic acids is 1. The Labute approximate surface area is 150 Å². The lowest BCUT2D eigenvalue weighted by Gasteiger charge is -2.29. The molecular weight excluding hydrogens is 332 g/mol. The number of fused-ring (bicyclic) bond motifs is 3. The Morgan fingerprint density at radius 1 is 1.12 bits per heavy atom. The molecule has 1 saturated heterocycles. The Balaban J connectivity index is 1.56. The van der Waals surface area contributed by atoms with Crippen molar-refractivity contribution in [2.45, 2.75) is 31.5 Å². The number of nitrogens with zero attached hydrogens (tertiary/aromatic N) is 1. The molecule has 0 saturated carbocycles. The van der Waals surface area contributed by atoms with Crippen LogP contribution in [-0.4, -0.2) is 40.3 Å². The minimum absolute atomic E-state index is 0.0513. The highest BCUT2D eigenvalue weighted by molar-refractivity contribution is 6.07. The topological polar surface area (TPSA) is 80.6 Å². The van der Waals surface area contributed by atoms with Gasteiger partial charge in [-0.15, -0.1) is 0 Å². The molecule has 0 amide bonds. The molecule has 134 valence electrons. The Morgan fingerprint density at radius 2 is 1.73 bits per heavy atom. The van der Waals surface area contributed by atoms with Gasteiger partial charge < -0.3 is 19.7 Å². The van der Waals surface area contributed by atoms with Crippen molar-refractivity contribution in [2.75, 3.05) is 6.54 Å². The van der Waals surface area contributed by atoms with Gasteiger partial charge in [0, 0.05) is 34.8 Å². The summed E-state index contributed by atoms with van der Waals surface area (Å²) in [6, 6.07) is 15.9. The largest absolute Gasteiger partial charge is 0.481 e. The van der Waals surface area contributed by atoms with Crippen LogP contribution in [0.4, 0.5) is 0 Å². The van der Waals surface area contributed by atoms with Gasteiger partial charge in [-0.3, -0.25) is 9.59 Å². The van der Waals surface area contributed by atoms with Gasteiger partial charge in [0.2, 0.25) is 0 Å². The number of ether oxygens (including phenoxy) is 1. The van der Waals surface area contributed by atoms with Crippen LogP contribution in [0.2, 0.25) is 0 Å². The van der Waals surface area contributed by atoms with Crippen LogP contribution in [0.5, 0.6) is 0 Å². The molecule has 0 aliphatic carbocycles. The minimum atomic E-state index is -0.910. The average molecular weight is 352 g/mol. The van der Waals surface area contributed by atoms with Gasteiger partial charge >= 0.3 is 11.9 Å². The van der Waals surface area contributed by atoms with E-state index in [-0.39, 0.29) is 24.9 Å². The zero-order chi connectivity index (χ0) is 18.1. The molecule has 2 aromatic carbocycles. The molecule has 4 rings (SSSR count). The summed E-state index contributed by atoms with van der Waals surface area (Å²) in [5.41, 5.74) is 2.22. The van der Waals surface area contributed by atoms with E-state index in [2.05, 4.69) is 34.1 Å². The summed E-state index contributed by atoms with van der Waals surface area (Å²) < 4.78 is 7.77. The van der Waals surface area contributed by atoms with E-state index in [4.69, 9.17) is 9.84 Å². The van der Waals surface area contributed by atoms with Crippen LogP contribution in [0.3, 0.4) is 0 Å². The highest BCUT2D eigenvalue weighted by atomic mass is 16.5. The predicted octanol–water partition coefficient (Wildman–Crippen LogP) is 2.54. The van der Waals surface area contributed by atoms with Crippen molar-refractivity contribution >= 4 is 33.7 Å². The molecule has 6 nitrogen and oxygen atoms in total. The number of cyclic esters (lactones) is 1. The van der Waals surface area contributed by atoms with E-state index < -0.39 is 12.0 Å². The van der Waals surface area contributed by atoms with Crippen molar-refractivity contribution in [1.29, 1.82) is 0 Å². The predicted molar refractivity (Wildman–Crippen MR) is 98.0 cm³/mol. The molecule has 0 spiro atoms. The van der Waals surface area contributed by atoms with Crippen molar-refractivity contribution in [3.63, 3.8) is 0 Å². The smallest absolute Gasteiger partial charge is 0.323 e. The Kier molecular flexibility index (Phi) is 4.34. The number of carboxylic acids is 1. The van der Waals surface area contributed by atoms with Crippen molar-refractivity contribution < 1.29 is 19.4 Å². The van der Waals surface area contributed by atoms with E-state index in [1.54, 1.807) is 0 Å². The first-order valence-corrected chi connectivity index (χ1v) is 8.75. The molecule has 2 atom stereocenters. The number of hydrogen-bond acceptors (Lipinski definition) is 4. The van der Waals surface area contributed by atoms with Gasteiger partial charge in [0.1, 0.15) is 12.1 Å². The molecule has 0 unspecified atom stereocenters. The molecular formula is C20H20N2O4. The van der Waals surface area contributed by atoms with E-state index in [0.717, 1.165) is 11.0 Å². The third-order valence-electron chi connectivity index (χ3n) is 4.87. The maximum absolute atomic E-state index is 12.2. The van der Waals surface area contributed by atoms with Gasteiger partial charge in [-0.05, 0) is 18.6 Å². The summed E-state index contributed by atoms with van der Waals surface area (Å²) >= 11 is 0. The fourth-order valence-corrected chi connectivity index (χ4v) is 3.64. The maximum Gasteiger partial charge on any atom is 0.323 e. The van der Waals surface area contributed by atoms with Crippen LogP contribution in [0, 0.1) is 0 Å². The number of rotatable bonds is 5. The van der Waals surface area contributed by atoms with E-state index in [9.17, 15) is 9.59 Å². The number of para-hydroxylation sites is 2. The minimum Gasteiger partial charge on any atom is -0.481 e. The molecule has 0 bridgehead atoms. The molecule has 6 heteroatoms. The Hall–Kier alpha value is -2.86. The molecule has 2 N–H and O–H groups in total. The number of nitrogens with one attached hydrogen (secondary N) is 1. The highest BCUT2D eigenvalue weighted by Gasteiger charge is 2.30. The summed E-state index contributed by atoms with van der Waals surface area (Å²) in [5, 5.41) is 14.3. The van der Waals surface area contributed by atoms with Gasteiger partial charge in [-0.1, -0.05) is 36.4 Å². The van der Waals surface area contributed by atoms with Crippen LogP contribution < -0.4 is 5.32 Å². The Bertz CT molecular complexity index is 925. The second-order valence-corrected chi connectivity index (χ2v) is 6.60. The summed E-state index contributed by atoms with van der Waals surface area (Å²) in [5.74, 6) is -1.28. The first-order chi connectivity index (χ1) is 12.6. The first kappa shape index (κ1) is 16.6. The Morgan fingerprint density at radius 3 is 2.31 bits per heavy atom. The lowest BCUT2D eigenvalue weighted by atomic mass is 10.1. The zero-order valence-electron chi connectivity index (χ0n) is 14.2. The van der Waals surface area contributed by atoms with E-state index in [1.165, 1.54) is 10.8 Å². The van der Waals surface area contributed by atoms with Crippen molar-refractivity contribution in [3.05, 3.63) is 48.5 Å². The normalized spacial score (nSPS) is 20.4. The fraction of sp³-hybridized carbons (Fsp3) is 0.300. The summed E-state index contributed by atoms with van der Waals surface area (Å²) in [7, 11) is 0. The molecule has 3 aromatic rings. The number of aromatic nitrogens is 1. The number of esters is 1. The average Bonchev–Trinajstić information content (AvgIpc) is 2.95. The van der Waals surface area contributed by atoms with Gasteiger partial charge in [-0.25, -0.2) is 0 Å². The lowest BCUT2D eigenvalue weighted by Crippen LogP contribution is -2.51. The zero-order valence-corrected chi connectivity index (χ0v) is 14.2. The molecule has 1 aliphatic heterocycles. The van der Waals surface area contributed by atoms with E-state index in [0.29, 0.717) is 13.1 Å². The van der Waals surface area contributed by atoms with Gasteiger partial charge in [0.25, 0.3) is 0 Å². The quantitative estimate of drug-likeness (QED) is 0.690. The first-order valence-electron chi connectivity index (χ1n) is 8.75. The third-order valence-corrected chi connectivity index (χ3v) is 4.87. The maximum atomic E-state index is 12.2. The van der Waals surface area contributed by atoms with Gasteiger partial charge in [0.15, 0.2) is 0 Å². The number of carboxylic acid groups (broad SMARTS) is 1. The SMILES string of the molecule is O=C(O)CC[C@H]1NC[C@H](Cn2c3ccccc3c3ccccc32)OC1=O. The fourth-order valence-electron chi connectivity index (χ4n) is 3.64. The summed E-state index contributed by atoms with van der Waals surface area (Å²) in [6.45, 7) is 1.06. The third kappa shape index (κ3) is 3.04. The number of carbonyl (C=O) groups excluding carboxylic acids is 1. The second kappa shape index (κ2) is 6.80. The molecule has 1 aromatic heterocycles. The number of hydrogen-bond donors (Lipinski definition) is 2. The van der Waals surface area contributed by atoms with Crippen LogP contribution in [-0.2, 0) is 20.9 Å². The second-order valence-electron chi connectivity index (χ2n) is 6.60. The molecule has 26 heavy (non-hydrogen) atoms. The summed E-state index contributed by atoms with van der Waals surface area (Å²) in [4.78, 5) is 22.9. The van der Waals surface area contributed by atoms with Crippen LogP contribution in [0.25, 0.3) is 21.8 Å². The number of carbonyl (C=O) groups is 2. The summed E-state index contributed by atoms with van der Waals surface area (Å²) in [6.07, 6.45) is -0.0941. The van der Waals surface area contributed by atoms with E-state index >= 15 is 0 Å². The van der Waals surface area contributed by atoms with Crippen molar-refractivity contribution in [3.8, 4) is 0 Å². The number of morpholine rings is 1. The van der Waals surface area contributed by atoms with Crippen molar-refractivity contribution in [2.24, 2.45) is 0 Å². The lowest BCUT2D eigenvalue weighted by molar-refractivity contribution is -0.157. The highest BCUT2D eigenvalue weighted by Crippen LogP contribution is 2.29.